The van der Waals surface area contributed by atoms with E-state index in [0.29, 0.717) is 34.9 Å². The van der Waals surface area contributed by atoms with E-state index in [1.165, 1.54) is 9.44 Å². The Balaban J connectivity index is 1.49. The Bertz CT molecular complexity index is 1230. The molecule has 0 atom stereocenters. The number of aryl methyl sites for hydroxylation is 2. The van der Waals surface area contributed by atoms with E-state index in [1.54, 1.807) is 29.5 Å². The molecule has 5 rings (SSSR count). The molecule has 1 aromatic carbocycles. The summed E-state index contributed by atoms with van der Waals surface area (Å²) in [6, 6.07) is 5.24. The Labute approximate surface area is 183 Å². The van der Waals surface area contributed by atoms with Crippen LogP contribution in [0.2, 0.25) is 0 Å². The van der Waals surface area contributed by atoms with Crippen molar-refractivity contribution >= 4 is 33.1 Å². The monoisotopic (exact) mass is 440 g/mol. The van der Waals surface area contributed by atoms with Crippen molar-refractivity contribution in [3.63, 3.8) is 0 Å². The first kappa shape index (κ1) is 20.0. The molecule has 2 aromatic heterocycles. The van der Waals surface area contributed by atoms with Crippen molar-refractivity contribution in [1.29, 1.82) is 0 Å². The molecule has 1 aliphatic carbocycles. The molecule has 31 heavy (non-hydrogen) atoms. The second-order valence-corrected chi connectivity index (χ2v) is 9.25. The number of thiophene rings is 1. The third kappa shape index (κ3) is 3.79. The molecule has 0 fully saturated rings. The summed E-state index contributed by atoms with van der Waals surface area (Å²) < 4.78 is 12.2. The average Bonchev–Trinajstić information content (AvgIpc) is 3.34. The Morgan fingerprint density at radius 3 is 2.87 bits per heavy atom. The molecule has 0 bridgehead atoms. The summed E-state index contributed by atoms with van der Waals surface area (Å²) in [6.07, 6.45) is 4.14. The van der Waals surface area contributed by atoms with E-state index in [2.05, 4.69) is 5.32 Å². The molecule has 0 radical (unpaired) electrons. The Hall–Kier alpha value is -2.91. The molecule has 1 N–H and O–H groups in total. The van der Waals surface area contributed by atoms with Gasteiger partial charge < -0.3 is 19.7 Å². The second kappa shape index (κ2) is 7.97. The number of anilines is 1. The number of rotatable bonds is 5. The minimum absolute atomic E-state index is 0.0932. The summed E-state index contributed by atoms with van der Waals surface area (Å²) in [6.45, 7) is 0.557. The highest BCUT2D eigenvalue weighted by Crippen LogP contribution is 2.35. The summed E-state index contributed by atoms with van der Waals surface area (Å²) in [7, 11) is 3.85. The van der Waals surface area contributed by atoms with Crippen molar-refractivity contribution in [2.24, 2.45) is 0 Å². The quantitative estimate of drug-likeness (QED) is 0.657. The fraction of sp³-hybridized carbons (Fsp3) is 0.409. The van der Waals surface area contributed by atoms with Crippen LogP contribution in [0.25, 0.3) is 10.2 Å². The van der Waals surface area contributed by atoms with Crippen molar-refractivity contribution in [1.82, 2.24) is 14.5 Å². The van der Waals surface area contributed by atoms with Gasteiger partial charge in [-0.1, -0.05) is 0 Å². The Morgan fingerprint density at radius 2 is 2.03 bits per heavy atom. The predicted octanol–water partition coefficient (Wildman–Crippen LogP) is 2.77. The highest BCUT2D eigenvalue weighted by atomic mass is 32.1. The summed E-state index contributed by atoms with van der Waals surface area (Å²) >= 11 is 1.63. The molecule has 0 saturated carbocycles. The predicted molar refractivity (Wildman–Crippen MR) is 119 cm³/mol. The van der Waals surface area contributed by atoms with E-state index in [-0.39, 0.29) is 24.8 Å². The molecular formula is C22H24N4O4S. The maximum atomic E-state index is 13.5. The summed E-state index contributed by atoms with van der Waals surface area (Å²) in [4.78, 5) is 35.2. The molecule has 3 aromatic rings. The molecule has 0 unspecified atom stereocenters. The fourth-order valence-electron chi connectivity index (χ4n) is 4.17. The lowest BCUT2D eigenvalue weighted by Crippen LogP contribution is -2.33. The normalized spacial score (nSPS) is 14.8. The van der Waals surface area contributed by atoms with Gasteiger partial charge in [0.1, 0.15) is 17.2 Å². The number of hydrogen-bond donors (Lipinski definition) is 1. The smallest absolute Gasteiger partial charge is 0.263 e. The first-order valence-corrected chi connectivity index (χ1v) is 11.2. The van der Waals surface area contributed by atoms with Crippen LogP contribution in [-0.4, -0.2) is 41.2 Å². The molecule has 0 spiro atoms. The molecule has 1 aliphatic heterocycles. The zero-order chi connectivity index (χ0) is 21.5. The van der Waals surface area contributed by atoms with Crippen molar-refractivity contribution < 1.29 is 14.3 Å². The van der Waals surface area contributed by atoms with E-state index < -0.39 is 0 Å². The largest absolute Gasteiger partial charge is 0.454 e. The van der Waals surface area contributed by atoms with E-state index in [9.17, 15) is 9.59 Å². The number of hydrogen-bond acceptors (Lipinski definition) is 7. The summed E-state index contributed by atoms with van der Waals surface area (Å²) in [5, 5.41) is 3.55. The number of amides is 1. The minimum atomic E-state index is -0.286. The van der Waals surface area contributed by atoms with Crippen molar-refractivity contribution in [2.75, 3.05) is 26.2 Å². The van der Waals surface area contributed by atoms with Gasteiger partial charge in [-0.2, -0.15) is 0 Å². The molecule has 2 aliphatic rings. The first-order chi connectivity index (χ1) is 15.0. The van der Waals surface area contributed by atoms with Gasteiger partial charge in [0.15, 0.2) is 11.5 Å². The maximum Gasteiger partial charge on any atom is 0.263 e. The van der Waals surface area contributed by atoms with Crippen molar-refractivity contribution in [3.8, 4) is 11.5 Å². The first-order valence-electron chi connectivity index (χ1n) is 10.4. The van der Waals surface area contributed by atoms with Gasteiger partial charge in [0.25, 0.3) is 5.56 Å². The van der Waals surface area contributed by atoms with Gasteiger partial charge in [-0.15, -0.1) is 11.3 Å². The van der Waals surface area contributed by atoms with Crippen molar-refractivity contribution in [3.05, 3.63) is 44.8 Å². The van der Waals surface area contributed by atoms with Crippen LogP contribution in [0.4, 0.5) is 5.69 Å². The van der Waals surface area contributed by atoms with Crippen LogP contribution in [0.15, 0.2) is 23.0 Å². The zero-order valence-electron chi connectivity index (χ0n) is 17.6. The third-order valence-corrected chi connectivity index (χ3v) is 6.76. The lowest BCUT2D eigenvalue weighted by Gasteiger charge is -2.16. The van der Waals surface area contributed by atoms with E-state index >= 15 is 0 Å². The number of nitrogens with one attached hydrogen (secondary N) is 1. The molecule has 9 heteroatoms. The van der Waals surface area contributed by atoms with Crippen LogP contribution >= 0.6 is 11.3 Å². The molecule has 162 valence electrons. The number of aromatic nitrogens is 2. The number of carbonyl (C=O) groups is 1. The van der Waals surface area contributed by atoms with E-state index in [4.69, 9.17) is 14.5 Å². The summed E-state index contributed by atoms with van der Waals surface area (Å²) in [5.74, 6) is 1.56. The molecular weight excluding hydrogens is 416 g/mol. The SMILES string of the molecule is CN(C)Cc1nc2sc3c(c2c(=O)n1CC(=O)Nc1ccc2c(c1)OCO2)CCCC3. The Kier molecular flexibility index (Phi) is 5.15. The zero-order valence-corrected chi connectivity index (χ0v) is 18.4. The van der Waals surface area contributed by atoms with Crippen LogP contribution in [0, 0.1) is 0 Å². The summed E-state index contributed by atoms with van der Waals surface area (Å²) in [5.41, 5.74) is 1.60. The molecule has 1 amide bonds. The van der Waals surface area contributed by atoms with E-state index in [0.717, 1.165) is 36.1 Å². The highest BCUT2D eigenvalue weighted by Gasteiger charge is 2.23. The van der Waals surface area contributed by atoms with E-state index in [1.807, 2.05) is 19.0 Å². The number of fused-ring (bicyclic) bond motifs is 4. The van der Waals surface area contributed by atoms with Crippen LogP contribution in [0.5, 0.6) is 11.5 Å². The Morgan fingerprint density at radius 1 is 1.23 bits per heavy atom. The number of nitrogens with zero attached hydrogens (tertiary/aromatic N) is 3. The standard InChI is InChI=1S/C22H24N4O4S/c1-25(2)10-18-24-21-20(14-5-3-4-6-17(14)31-21)22(28)26(18)11-19(27)23-13-7-8-15-16(9-13)30-12-29-15/h7-9H,3-6,10-12H2,1-2H3,(H,23,27). The molecule has 0 saturated heterocycles. The third-order valence-electron chi connectivity index (χ3n) is 5.57. The van der Waals surface area contributed by atoms with Crippen molar-refractivity contribution in [2.45, 2.75) is 38.8 Å². The van der Waals surface area contributed by atoms with Gasteiger partial charge in [-0.3, -0.25) is 14.2 Å². The van der Waals surface area contributed by atoms with Gasteiger partial charge in [0.2, 0.25) is 12.7 Å². The minimum Gasteiger partial charge on any atom is -0.454 e. The van der Waals surface area contributed by atoms with Crippen LogP contribution in [0.1, 0.15) is 29.1 Å². The number of carbonyl (C=O) groups excluding carboxylic acids is 1. The topological polar surface area (TPSA) is 85.7 Å². The van der Waals surface area contributed by atoms with Gasteiger partial charge >= 0.3 is 0 Å². The molecule has 3 heterocycles. The van der Waals surface area contributed by atoms with Gasteiger partial charge in [0.05, 0.1) is 11.9 Å². The average molecular weight is 441 g/mol. The fourth-order valence-corrected chi connectivity index (χ4v) is 5.44. The number of benzene rings is 1. The second-order valence-electron chi connectivity index (χ2n) is 8.16. The lowest BCUT2D eigenvalue weighted by molar-refractivity contribution is -0.116. The van der Waals surface area contributed by atoms with Crippen LogP contribution in [0.3, 0.4) is 0 Å². The van der Waals surface area contributed by atoms with Gasteiger partial charge in [-0.25, -0.2) is 4.98 Å². The van der Waals surface area contributed by atoms with Gasteiger partial charge in [0, 0.05) is 16.6 Å². The molecule has 8 nitrogen and oxygen atoms in total. The van der Waals surface area contributed by atoms with Crippen LogP contribution in [-0.2, 0) is 30.7 Å². The van der Waals surface area contributed by atoms with Gasteiger partial charge in [-0.05, 0) is 57.5 Å². The number of ether oxygens (including phenoxy) is 2. The maximum absolute atomic E-state index is 13.5. The van der Waals surface area contributed by atoms with Crippen LogP contribution < -0.4 is 20.3 Å². The lowest BCUT2D eigenvalue weighted by atomic mass is 9.97. The highest BCUT2D eigenvalue weighted by molar-refractivity contribution is 7.18.